The molecule has 1 heterocycles. The average molecular weight is 422 g/mol. The van der Waals surface area contributed by atoms with E-state index in [-0.39, 0.29) is 0 Å². The molecule has 7 nitrogen and oxygen atoms in total. The van der Waals surface area contributed by atoms with Crippen LogP contribution in [0.5, 0.6) is 5.75 Å². The highest BCUT2D eigenvalue weighted by atomic mass is 35.5. The molecule has 1 aromatic carbocycles. The highest BCUT2D eigenvalue weighted by Gasteiger charge is 2.11. The number of nitrogens with one attached hydrogen (secondary N) is 2. The van der Waals surface area contributed by atoms with Crippen molar-refractivity contribution < 1.29 is 9.47 Å². The zero-order valence-corrected chi connectivity index (χ0v) is 18.8. The van der Waals surface area contributed by atoms with Gasteiger partial charge in [0.05, 0.1) is 32.5 Å². The van der Waals surface area contributed by atoms with Gasteiger partial charge in [0, 0.05) is 36.5 Å². The molecular formula is C21H32ClN5O2. The van der Waals surface area contributed by atoms with E-state index in [2.05, 4.69) is 29.6 Å². The summed E-state index contributed by atoms with van der Waals surface area (Å²) in [5.41, 5.74) is 4.35. The summed E-state index contributed by atoms with van der Waals surface area (Å²) in [5, 5.41) is 12.0. The second-order valence-electron chi connectivity index (χ2n) is 6.69. The minimum absolute atomic E-state index is 0.573. The van der Waals surface area contributed by atoms with E-state index in [9.17, 15) is 0 Å². The fourth-order valence-corrected chi connectivity index (χ4v) is 3.30. The Hall–Kier alpha value is -2.25. The maximum Gasteiger partial charge on any atom is 0.191 e. The summed E-state index contributed by atoms with van der Waals surface area (Å²) in [4.78, 5) is 4.74. The molecule has 29 heavy (non-hydrogen) atoms. The van der Waals surface area contributed by atoms with Gasteiger partial charge in [0.25, 0.3) is 0 Å². The molecule has 0 bridgehead atoms. The molecule has 0 unspecified atom stereocenters. The van der Waals surface area contributed by atoms with Crippen molar-refractivity contribution in [3.05, 3.63) is 45.7 Å². The number of rotatable bonds is 10. The van der Waals surface area contributed by atoms with Crippen molar-refractivity contribution in [3.63, 3.8) is 0 Å². The number of methoxy groups -OCH3 is 2. The van der Waals surface area contributed by atoms with Crippen LogP contribution < -0.4 is 15.4 Å². The Balaban J connectivity index is 1.99. The maximum absolute atomic E-state index is 6.33. The quantitative estimate of drug-likeness (QED) is 0.455. The topological polar surface area (TPSA) is 72.7 Å². The molecule has 0 aliphatic carbocycles. The van der Waals surface area contributed by atoms with Crippen LogP contribution in [0.25, 0.3) is 0 Å². The summed E-state index contributed by atoms with van der Waals surface area (Å²) in [5.74, 6) is 1.54. The predicted molar refractivity (Wildman–Crippen MR) is 118 cm³/mol. The number of aromatic nitrogens is 2. The van der Waals surface area contributed by atoms with Gasteiger partial charge in [0.2, 0.25) is 0 Å². The van der Waals surface area contributed by atoms with E-state index in [0.717, 1.165) is 60.3 Å². The number of guanidine groups is 1. The Morgan fingerprint density at radius 3 is 2.69 bits per heavy atom. The molecule has 0 aliphatic heterocycles. The van der Waals surface area contributed by atoms with Gasteiger partial charge in [-0.1, -0.05) is 17.7 Å². The van der Waals surface area contributed by atoms with Crippen molar-refractivity contribution in [3.8, 4) is 5.75 Å². The molecular weight excluding hydrogens is 390 g/mol. The summed E-state index contributed by atoms with van der Waals surface area (Å²) in [6.45, 7) is 9.62. The monoisotopic (exact) mass is 421 g/mol. The first-order valence-electron chi connectivity index (χ1n) is 9.86. The van der Waals surface area contributed by atoms with Crippen molar-refractivity contribution >= 4 is 17.6 Å². The molecule has 0 spiro atoms. The lowest BCUT2D eigenvalue weighted by Crippen LogP contribution is -2.38. The first-order chi connectivity index (χ1) is 14.0. The van der Waals surface area contributed by atoms with Crippen LogP contribution in [0.2, 0.25) is 5.02 Å². The van der Waals surface area contributed by atoms with E-state index in [1.807, 2.05) is 29.8 Å². The zero-order chi connectivity index (χ0) is 21.2. The molecule has 8 heteroatoms. The van der Waals surface area contributed by atoms with Crippen LogP contribution in [-0.2, 0) is 24.2 Å². The maximum atomic E-state index is 6.33. The first kappa shape index (κ1) is 23.0. The van der Waals surface area contributed by atoms with Crippen molar-refractivity contribution in [2.45, 2.75) is 40.3 Å². The Morgan fingerprint density at radius 1 is 1.24 bits per heavy atom. The minimum atomic E-state index is 0.573. The largest absolute Gasteiger partial charge is 0.497 e. The van der Waals surface area contributed by atoms with E-state index in [4.69, 9.17) is 26.1 Å². The molecule has 0 amide bonds. The van der Waals surface area contributed by atoms with Crippen LogP contribution in [0.15, 0.2) is 23.2 Å². The number of hydrogen-bond acceptors (Lipinski definition) is 4. The second-order valence-corrected chi connectivity index (χ2v) is 7.10. The van der Waals surface area contributed by atoms with Crippen molar-refractivity contribution in [2.75, 3.05) is 33.9 Å². The van der Waals surface area contributed by atoms with Crippen LogP contribution in [0.4, 0.5) is 0 Å². The fraction of sp³-hybridized carbons (Fsp3) is 0.524. The van der Waals surface area contributed by atoms with E-state index < -0.39 is 0 Å². The molecule has 0 saturated heterocycles. The van der Waals surface area contributed by atoms with E-state index in [1.165, 1.54) is 0 Å². The van der Waals surface area contributed by atoms with Crippen LogP contribution in [0, 0.1) is 13.8 Å². The summed E-state index contributed by atoms with van der Waals surface area (Å²) < 4.78 is 12.3. The fourth-order valence-electron chi connectivity index (χ4n) is 3.03. The minimum Gasteiger partial charge on any atom is -0.497 e. The van der Waals surface area contributed by atoms with Gasteiger partial charge in [-0.2, -0.15) is 5.10 Å². The highest BCUT2D eigenvalue weighted by Crippen LogP contribution is 2.22. The molecule has 2 aromatic rings. The van der Waals surface area contributed by atoms with Gasteiger partial charge in [-0.15, -0.1) is 0 Å². The lowest BCUT2D eigenvalue weighted by atomic mass is 10.1. The summed E-state index contributed by atoms with van der Waals surface area (Å²) >= 11 is 6.33. The van der Waals surface area contributed by atoms with Gasteiger partial charge >= 0.3 is 0 Å². The van der Waals surface area contributed by atoms with Gasteiger partial charge in [-0.25, -0.2) is 4.99 Å². The van der Waals surface area contributed by atoms with Crippen LogP contribution in [0.1, 0.15) is 29.4 Å². The van der Waals surface area contributed by atoms with Crippen molar-refractivity contribution in [1.29, 1.82) is 0 Å². The molecule has 0 fully saturated rings. The lowest BCUT2D eigenvalue weighted by molar-refractivity contribution is 0.182. The Morgan fingerprint density at radius 2 is 2.03 bits per heavy atom. The zero-order valence-electron chi connectivity index (χ0n) is 18.0. The third-order valence-corrected chi connectivity index (χ3v) is 5.08. The van der Waals surface area contributed by atoms with Crippen LogP contribution in [0.3, 0.4) is 0 Å². The highest BCUT2D eigenvalue weighted by molar-refractivity contribution is 6.31. The van der Waals surface area contributed by atoms with Gasteiger partial charge in [0.1, 0.15) is 5.75 Å². The number of hydrogen-bond donors (Lipinski definition) is 2. The molecule has 0 atom stereocenters. The smallest absolute Gasteiger partial charge is 0.191 e. The summed E-state index contributed by atoms with van der Waals surface area (Å²) in [6.07, 6.45) is 0.792. The van der Waals surface area contributed by atoms with Gasteiger partial charge in [0.15, 0.2) is 5.96 Å². The Labute approximate surface area is 178 Å². The first-order valence-corrected chi connectivity index (χ1v) is 10.2. The number of halogens is 1. The average Bonchev–Trinajstić information content (AvgIpc) is 2.98. The lowest BCUT2D eigenvalue weighted by Gasteiger charge is -2.12. The van der Waals surface area contributed by atoms with Crippen LogP contribution >= 0.6 is 11.6 Å². The van der Waals surface area contributed by atoms with Crippen molar-refractivity contribution in [1.82, 2.24) is 20.4 Å². The SMILES string of the molecule is CCNC(=NCc1c(C)nn(CCOC)c1C)NCCc1ccc(OC)cc1Cl. The Kier molecular flexibility index (Phi) is 9.28. The summed E-state index contributed by atoms with van der Waals surface area (Å²) in [6, 6.07) is 5.75. The summed E-state index contributed by atoms with van der Waals surface area (Å²) in [7, 11) is 3.33. The number of ether oxygens (including phenoxy) is 2. The third-order valence-electron chi connectivity index (χ3n) is 4.73. The number of nitrogens with zero attached hydrogens (tertiary/aromatic N) is 3. The number of aliphatic imine (C=N–C) groups is 1. The third kappa shape index (κ3) is 6.65. The van der Waals surface area contributed by atoms with E-state index in [1.54, 1.807) is 14.2 Å². The second kappa shape index (κ2) is 11.7. The predicted octanol–water partition coefficient (Wildman–Crippen LogP) is 3.11. The molecule has 160 valence electrons. The van der Waals surface area contributed by atoms with E-state index in [0.29, 0.717) is 18.2 Å². The van der Waals surface area contributed by atoms with Gasteiger partial charge in [-0.3, -0.25) is 4.68 Å². The molecule has 1 aromatic heterocycles. The standard InChI is InChI=1S/C21H32ClN5O2/c1-6-23-21(24-10-9-17-7-8-18(29-5)13-20(17)22)25-14-19-15(2)26-27(16(19)3)11-12-28-4/h7-8,13H,6,9-12,14H2,1-5H3,(H2,23,24,25). The van der Waals surface area contributed by atoms with Crippen molar-refractivity contribution in [2.24, 2.45) is 4.99 Å². The number of aryl methyl sites for hydroxylation is 1. The molecule has 2 rings (SSSR count). The normalized spacial score (nSPS) is 11.6. The van der Waals surface area contributed by atoms with Crippen LogP contribution in [-0.4, -0.2) is 49.7 Å². The van der Waals surface area contributed by atoms with E-state index >= 15 is 0 Å². The molecule has 2 N–H and O–H groups in total. The van der Waals surface area contributed by atoms with Gasteiger partial charge < -0.3 is 20.1 Å². The molecule has 0 saturated carbocycles. The van der Waals surface area contributed by atoms with Gasteiger partial charge in [-0.05, 0) is 44.9 Å². The molecule has 0 radical (unpaired) electrons. The Bertz CT molecular complexity index is 820. The number of benzene rings is 1. The molecule has 0 aliphatic rings.